The second-order valence-electron chi connectivity index (χ2n) is 5.32. The van der Waals surface area contributed by atoms with Gasteiger partial charge in [0.2, 0.25) is 0 Å². The molecule has 2 aromatic rings. The Morgan fingerprint density at radius 1 is 1.14 bits per heavy atom. The van der Waals surface area contributed by atoms with Gasteiger partial charge in [-0.05, 0) is 42.5 Å². The van der Waals surface area contributed by atoms with Crippen LogP contribution >= 0.6 is 24.0 Å². The van der Waals surface area contributed by atoms with Crippen molar-refractivity contribution in [3.05, 3.63) is 64.7 Å². The van der Waals surface area contributed by atoms with Crippen molar-refractivity contribution in [1.82, 2.24) is 0 Å². The van der Waals surface area contributed by atoms with Gasteiger partial charge in [-0.25, -0.2) is 0 Å². The third kappa shape index (κ3) is 4.13. The Balaban J connectivity index is 0.00000161. The zero-order valence-corrected chi connectivity index (χ0v) is 13.2. The maximum atomic E-state index is 6.37. The van der Waals surface area contributed by atoms with E-state index in [0.717, 1.165) is 23.5 Å². The van der Waals surface area contributed by atoms with Crippen molar-refractivity contribution in [1.29, 1.82) is 0 Å². The van der Waals surface area contributed by atoms with E-state index < -0.39 is 0 Å². The molecule has 1 aliphatic rings. The van der Waals surface area contributed by atoms with Crippen LogP contribution in [0.1, 0.15) is 30.0 Å². The third-order valence-electron chi connectivity index (χ3n) is 3.64. The predicted octanol–water partition coefficient (Wildman–Crippen LogP) is 4.60. The zero-order chi connectivity index (χ0) is 13.9. The van der Waals surface area contributed by atoms with Crippen LogP contribution in [-0.4, -0.2) is 6.61 Å². The molecule has 1 unspecified atom stereocenters. The topological polar surface area (TPSA) is 35.2 Å². The molecule has 1 fully saturated rings. The molecule has 0 bridgehead atoms. The van der Waals surface area contributed by atoms with Gasteiger partial charge in [0.1, 0.15) is 5.75 Å². The largest absolute Gasteiger partial charge is 0.493 e. The highest BCUT2D eigenvalue weighted by molar-refractivity contribution is 6.30. The van der Waals surface area contributed by atoms with Gasteiger partial charge in [0, 0.05) is 10.6 Å². The minimum Gasteiger partial charge on any atom is -0.493 e. The fourth-order valence-electron chi connectivity index (χ4n) is 2.23. The summed E-state index contributed by atoms with van der Waals surface area (Å²) in [7, 11) is 0. The van der Waals surface area contributed by atoms with Crippen molar-refractivity contribution in [2.45, 2.75) is 18.9 Å². The van der Waals surface area contributed by atoms with Gasteiger partial charge in [0.25, 0.3) is 0 Å². The molecule has 0 aliphatic heterocycles. The van der Waals surface area contributed by atoms with Crippen molar-refractivity contribution in [3.63, 3.8) is 0 Å². The van der Waals surface area contributed by atoms with Crippen LogP contribution in [0.3, 0.4) is 0 Å². The summed E-state index contributed by atoms with van der Waals surface area (Å²) in [5.74, 6) is 1.56. The number of nitrogens with two attached hydrogens (primary N) is 1. The van der Waals surface area contributed by atoms with Crippen LogP contribution in [0.25, 0.3) is 0 Å². The Bertz CT molecular complexity index is 585. The number of benzene rings is 2. The summed E-state index contributed by atoms with van der Waals surface area (Å²) in [5, 5.41) is 0.685. The van der Waals surface area contributed by atoms with Crippen molar-refractivity contribution < 1.29 is 4.74 Å². The van der Waals surface area contributed by atoms with Crippen LogP contribution in [0.2, 0.25) is 5.02 Å². The summed E-state index contributed by atoms with van der Waals surface area (Å²) >= 11 is 6.11. The Morgan fingerprint density at radius 3 is 2.52 bits per heavy atom. The van der Waals surface area contributed by atoms with Crippen LogP contribution in [0, 0.1) is 5.92 Å². The van der Waals surface area contributed by atoms with Crippen molar-refractivity contribution >= 4 is 24.0 Å². The molecule has 1 atom stereocenters. The molecule has 2 N–H and O–H groups in total. The minimum absolute atomic E-state index is 0. The molecule has 1 aliphatic carbocycles. The van der Waals surface area contributed by atoms with E-state index in [9.17, 15) is 0 Å². The highest BCUT2D eigenvalue weighted by Crippen LogP contribution is 2.34. The molecule has 0 heterocycles. The second-order valence-corrected chi connectivity index (χ2v) is 5.76. The minimum atomic E-state index is -0.218. The highest BCUT2D eigenvalue weighted by atomic mass is 35.5. The Kier molecular flexibility index (Phi) is 5.51. The number of rotatable bonds is 5. The van der Waals surface area contributed by atoms with Crippen molar-refractivity contribution in [2.75, 3.05) is 6.61 Å². The first-order chi connectivity index (χ1) is 9.74. The van der Waals surface area contributed by atoms with E-state index >= 15 is 0 Å². The van der Waals surface area contributed by atoms with E-state index in [0.29, 0.717) is 10.9 Å². The van der Waals surface area contributed by atoms with Gasteiger partial charge in [0.05, 0.1) is 12.6 Å². The highest BCUT2D eigenvalue weighted by Gasteiger charge is 2.23. The van der Waals surface area contributed by atoms with Crippen LogP contribution in [0.15, 0.2) is 48.5 Å². The lowest BCUT2D eigenvalue weighted by Crippen LogP contribution is -2.14. The van der Waals surface area contributed by atoms with E-state index in [1.165, 1.54) is 12.8 Å². The van der Waals surface area contributed by atoms with Gasteiger partial charge in [-0.15, -0.1) is 12.4 Å². The Morgan fingerprint density at radius 2 is 1.86 bits per heavy atom. The molecule has 4 heteroatoms. The first-order valence-corrected chi connectivity index (χ1v) is 7.34. The molecule has 0 radical (unpaired) electrons. The molecular weight excluding hydrogens is 305 g/mol. The molecule has 0 saturated heterocycles. The molecule has 3 rings (SSSR count). The van der Waals surface area contributed by atoms with Crippen molar-refractivity contribution in [3.8, 4) is 5.75 Å². The van der Waals surface area contributed by atoms with Gasteiger partial charge in [-0.2, -0.15) is 0 Å². The fourth-order valence-corrected chi connectivity index (χ4v) is 2.41. The molecule has 0 amide bonds. The van der Waals surface area contributed by atoms with Gasteiger partial charge in [-0.1, -0.05) is 41.9 Å². The van der Waals surface area contributed by atoms with E-state index in [1.54, 1.807) is 0 Å². The van der Waals surface area contributed by atoms with Gasteiger partial charge < -0.3 is 10.5 Å². The normalized spacial score (nSPS) is 15.1. The van der Waals surface area contributed by atoms with Gasteiger partial charge >= 0.3 is 0 Å². The standard InChI is InChI=1S/C17H18ClNO.ClH/c18-14-8-9-16(20-11-12-6-7-12)15(10-14)17(19)13-4-2-1-3-5-13;/h1-5,8-10,12,17H,6-7,11,19H2;1H. The van der Waals surface area contributed by atoms with E-state index in [-0.39, 0.29) is 18.4 Å². The first-order valence-electron chi connectivity index (χ1n) is 6.97. The average Bonchev–Trinajstić information content (AvgIpc) is 3.30. The summed E-state index contributed by atoms with van der Waals surface area (Å²) in [6.45, 7) is 0.774. The third-order valence-corrected chi connectivity index (χ3v) is 3.87. The number of ether oxygens (including phenoxy) is 1. The summed E-state index contributed by atoms with van der Waals surface area (Å²) < 4.78 is 5.92. The van der Waals surface area contributed by atoms with Gasteiger partial charge in [0.15, 0.2) is 0 Å². The lowest BCUT2D eigenvalue weighted by atomic mass is 9.99. The predicted molar refractivity (Wildman–Crippen MR) is 89.4 cm³/mol. The summed E-state index contributed by atoms with van der Waals surface area (Å²) in [5.41, 5.74) is 8.38. The second kappa shape index (κ2) is 7.17. The monoisotopic (exact) mass is 323 g/mol. The quantitative estimate of drug-likeness (QED) is 0.872. The maximum absolute atomic E-state index is 6.37. The summed E-state index contributed by atoms with van der Waals surface area (Å²) in [6.07, 6.45) is 2.54. The molecule has 2 aromatic carbocycles. The Labute approximate surface area is 136 Å². The first kappa shape index (κ1) is 16.2. The van der Waals surface area contributed by atoms with Crippen LogP contribution in [-0.2, 0) is 0 Å². The maximum Gasteiger partial charge on any atom is 0.124 e. The van der Waals surface area contributed by atoms with Gasteiger partial charge in [-0.3, -0.25) is 0 Å². The molecular formula is C17H19Cl2NO. The Hall–Kier alpha value is -1.22. The number of halogens is 2. The molecule has 1 saturated carbocycles. The van der Waals surface area contributed by atoms with Crippen molar-refractivity contribution in [2.24, 2.45) is 11.7 Å². The smallest absolute Gasteiger partial charge is 0.124 e. The molecule has 0 spiro atoms. The van der Waals surface area contributed by atoms with E-state index in [4.69, 9.17) is 22.1 Å². The van der Waals surface area contributed by atoms with Crippen LogP contribution < -0.4 is 10.5 Å². The van der Waals surface area contributed by atoms with Crippen LogP contribution in [0.4, 0.5) is 0 Å². The fraction of sp³-hybridized carbons (Fsp3) is 0.294. The molecule has 112 valence electrons. The molecule has 21 heavy (non-hydrogen) atoms. The number of hydrogen-bond acceptors (Lipinski definition) is 2. The lowest BCUT2D eigenvalue weighted by Gasteiger charge is -2.18. The summed E-state index contributed by atoms with van der Waals surface area (Å²) in [4.78, 5) is 0. The zero-order valence-electron chi connectivity index (χ0n) is 11.7. The average molecular weight is 324 g/mol. The summed E-state index contributed by atoms with van der Waals surface area (Å²) in [6, 6.07) is 15.5. The molecule has 0 aromatic heterocycles. The van der Waals surface area contributed by atoms with E-state index in [2.05, 4.69) is 0 Å². The molecule has 2 nitrogen and oxygen atoms in total. The lowest BCUT2D eigenvalue weighted by molar-refractivity contribution is 0.296. The number of hydrogen-bond donors (Lipinski definition) is 1. The SMILES string of the molecule is Cl.NC(c1ccccc1)c1cc(Cl)ccc1OCC1CC1. The van der Waals surface area contributed by atoms with Crippen LogP contribution in [0.5, 0.6) is 5.75 Å². The van der Waals surface area contributed by atoms with E-state index in [1.807, 2.05) is 48.5 Å².